The van der Waals surface area contributed by atoms with E-state index in [-0.39, 0.29) is 35.7 Å². The normalized spacial score (nSPS) is 11.6. The summed E-state index contributed by atoms with van der Waals surface area (Å²) in [6, 6.07) is 4.93. The Labute approximate surface area is 154 Å². The molecule has 0 aliphatic rings. The molecule has 7 heteroatoms. The number of benzene rings is 1. The molecule has 0 atom stereocenters. The molecule has 0 aliphatic heterocycles. The summed E-state index contributed by atoms with van der Waals surface area (Å²) in [4.78, 5) is 15.8. The number of aryl methyl sites for hydroxylation is 1. The molecule has 23 heavy (non-hydrogen) atoms. The Morgan fingerprint density at radius 3 is 2.52 bits per heavy atom. The minimum absolute atomic E-state index is 0. The summed E-state index contributed by atoms with van der Waals surface area (Å²) < 4.78 is 13.2. The number of nitrogens with one attached hydrogen (secondary N) is 2. The fourth-order valence-electron chi connectivity index (χ4n) is 1.71. The van der Waals surface area contributed by atoms with Crippen LogP contribution < -0.4 is 16.4 Å². The number of hydrogen-bond donors (Lipinski definition) is 3. The Morgan fingerprint density at radius 1 is 1.35 bits per heavy atom. The Hall–Kier alpha value is -1.38. The topological polar surface area (TPSA) is 79.5 Å². The van der Waals surface area contributed by atoms with Gasteiger partial charge in [-0.15, -0.1) is 24.0 Å². The van der Waals surface area contributed by atoms with Crippen molar-refractivity contribution in [1.82, 2.24) is 10.6 Å². The van der Waals surface area contributed by atoms with Gasteiger partial charge in [0.05, 0.1) is 12.0 Å². The number of halogens is 2. The van der Waals surface area contributed by atoms with E-state index in [9.17, 15) is 9.18 Å². The molecule has 0 radical (unpaired) electrons. The number of carbonyl (C=O) groups is 1. The third-order valence-electron chi connectivity index (χ3n) is 3.35. The summed E-state index contributed by atoms with van der Waals surface area (Å²) >= 11 is 0. The number of rotatable bonds is 6. The van der Waals surface area contributed by atoms with Gasteiger partial charge < -0.3 is 16.4 Å². The minimum Gasteiger partial charge on any atom is -0.369 e. The lowest BCUT2D eigenvalue weighted by Gasteiger charge is -2.22. The van der Waals surface area contributed by atoms with Crippen molar-refractivity contribution in [3.8, 4) is 0 Å². The van der Waals surface area contributed by atoms with E-state index < -0.39 is 5.41 Å². The van der Waals surface area contributed by atoms with Crippen molar-refractivity contribution in [1.29, 1.82) is 0 Å². The highest BCUT2D eigenvalue weighted by atomic mass is 127. The van der Waals surface area contributed by atoms with E-state index in [1.54, 1.807) is 32.9 Å². The SMILES string of the molecule is CCNC(=NCc1ccc(F)c(C)c1)NCC(C)(C)C(N)=O.I. The summed E-state index contributed by atoms with van der Waals surface area (Å²) in [5.74, 6) is 0.00443. The molecule has 0 heterocycles. The van der Waals surface area contributed by atoms with Crippen LogP contribution in [0.3, 0.4) is 0 Å². The van der Waals surface area contributed by atoms with Crippen molar-refractivity contribution in [2.75, 3.05) is 13.1 Å². The van der Waals surface area contributed by atoms with E-state index in [4.69, 9.17) is 5.73 Å². The average molecular weight is 436 g/mol. The van der Waals surface area contributed by atoms with Crippen molar-refractivity contribution in [2.24, 2.45) is 16.1 Å². The molecule has 0 aromatic heterocycles. The number of carbonyl (C=O) groups excluding carboxylic acids is 1. The molecule has 1 amide bonds. The molecular weight excluding hydrogens is 410 g/mol. The molecule has 130 valence electrons. The Balaban J connectivity index is 0.00000484. The van der Waals surface area contributed by atoms with E-state index in [0.717, 1.165) is 5.56 Å². The largest absolute Gasteiger partial charge is 0.369 e. The first kappa shape index (κ1) is 21.6. The predicted octanol–water partition coefficient (Wildman–Crippen LogP) is 2.32. The fraction of sp³-hybridized carbons (Fsp3) is 0.500. The molecule has 0 spiro atoms. The van der Waals surface area contributed by atoms with E-state index in [2.05, 4.69) is 15.6 Å². The van der Waals surface area contributed by atoms with Crippen molar-refractivity contribution in [3.05, 3.63) is 35.1 Å². The van der Waals surface area contributed by atoms with Gasteiger partial charge in [0.25, 0.3) is 0 Å². The van der Waals surface area contributed by atoms with E-state index >= 15 is 0 Å². The second-order valence-electron chi connectivity index (χ2n) is 5.88. The third-order valence-corrected chi connectivity index (χ3v) is 3.35. The summed E-state index contributed by atoms with van der Waals surface area (Å²) in [7, 11) is 0. The maximum Gasteiger partial charge on any atom is 0.224 e. The second-order valence-corrected chi connectivity index (χ2v) is 5.88. The van der Waals surface area contributed by atoms with Crippen LogP contribution >= 0.6 is 24.0 Å². The standard InChI is InChI=1S/C16H25FN4O.HI/c1-5-19-15(21-10-16(3,4)14(18)22)20-9-12-6-7-13(17)11(2)8-12;/h6-8H,5,9-10H2,1-4H3,(H2,18,22)(H2,19,20,21);1H. The quantitative estimate of drug-likeness (QED) is 0.364. The molecule has 1 aromatic rings. The molecule has 0 saturated carbocycles. The van der Waals surface area contributed by atoms with Crippen molar-refractivity contribution in [2.45, 2.75) is 34.2 Å². The lowest BCUT2D eigenvalue weighted by Crippen LogP contribution is -2.46. The molecule has 0 unspecified atom stereocenters. The molecule has 0 saturated heterocycles. The summed E-state index contributed by atoms with van der Waals surface area (Å²) in [6.45, 7) is 8.74. The maximum atomic E-state index is 13.2. The van der Waals surface area contributed by atoms with Crippen molar-refractivity contribution >= 4 is 35.8 Å². The van der Waals surface area contributed by atoms with Crippen LogP contribution in [0.5, 0.6) is 0 Å². The van der Waals surface area contributed by atoms with Crippen LogP contribution in [0.25, 0.3) is 0 Å². The summed E-state index contributed by atoms with van der Waals surface area (Å²) in [5.41, 5.74) is 6.21. The van der Waals surface area contributed by atoms with Crippen molar-refractivity contribution < 1.29 is 9.18 Å². The average Bonchev–Trinajstić information content (AvgIpc) is 2.45. The van der Waals surface area contributed by atoms with Gasteiger partial charge in [0.2, 0.25) is 5.91 Å². The van der Waals surface area contributed by atoms with Crippen LogP contribution in [-0.4, -0.2) is 25.0 Å². The van der Waals surface area contributed by atoms with Crippen LogP contribution in [0.4, 0.5) is 4.39 Å². The number of guanidine groups is 1. The zero-order valence-corrected chi connectivity index (χ0v) is 16.4. The van der Waals surface area contributed by atoms with E-state index in [1.165, 1.54) is 6.07 Å². The molecule has 4 N–H and O–H groups in total. The zero-order chi connectivity index (χ0) is 16.8. The highest BCUT2D eigenvalue weighted by Crippen LogP contribution is 2.12. The number of aliphatic imine (C=N–C) groups is 1. The lowest BCUT2D eigenvalue weighted by molar-refractivity contribution is -0.125. The first-order chi connectivity index (χ1) is 10.3. The Morgan fingerprint density at radius 2 is 2.00 bits per heavy atom. The summed E-state index contributed by atoms with van der Waals surface area (Å²) in [6.07, 6.45) is 0. The molecule has 1 rings (SSSR count). The predicted molar refractivity (Wildman–Crippen MR) is 102 cm³/mol. The zero-order valence-electron chi connectivity index (χ0n) is 14.1. The fourth-order valence-corrected chi connectivity index (χ4v) is 1.71. The van der Waals surface area contributed by atoms with Crippen LogP contribution in [0, 0.1) is 18.2 Å². The van der Waals surface area contributed by atoms with Gasteiger partial charge in [-0.05, 0) is 44.9 Å². The molecule has 1 aromatic carbocycles. The summed E-state index contributed by atoms with van der Waals surface area (Å²) in [5, 5.41) is 6.21. The number of amides is 1. The Bertz CT molecular complexity index is 561. The number of hydrogen-bond acceptors (Lipinski definition) is 2. The molecule has 5 nitrogen and oxygen atoms in total. The molecule has 0 fully saturated rings. The van der Waals surface area contributed by atoms with Crippen molar-refractivity contribution in [3.63, 3.8) is 0 Å². The molecule has 0 aliphatic carbocycles. The molecular formula is C16H26FIN4O. The van der Waals surface area contributed by atoms with Gasteiger partial charge >= 0.3 is 0 Å². The van der Waals surface area contributed by atoms with Gasteiger partial charge in [0, 0.05) is 13.1 Å². The van der Waals surface area contributed by atoms with Gasteiger partial charge in [-0.1, -0.05) is 12.1 Å². The number of nitrogens with two attached hydrogens (primary N) is 1. The van der Waals surface area contributed by atoms with Crippen LogP contribution in [-0.2, 0) is 11.3 Å². The monoisotopic (exact) mass is 436 g/mol. The second kappa shape index (κ2) is 9.69. The smallest absolute Gasteiger partial charge is 0.224 e. The van der Waals surface area contributed by atoms with E-state index in [0.29, 0.717) is 31.2 Å². The highest BCUT2D eigenvalue weighted by Gasteiger charge is 2.24. The number of primary amides is 1. The lowest BCUT2D eigenvalue weighted by atomic mass is 9.93. The van der Waals surface area contributed by atoms with Crippen LogP contribution in [0.2, 0.25) is 0 Å². The minimum atomic E-state index is -0.664. The van der Waals surface area contributed by atoms with Crippen LogP contribution in [0.15, 0.2) is 23.2 Å². The van der Waals surface area contributed by atoms with Gasteiger partial charge in [-0.2, -0.15) is 0 Å². The third kappa shape index (κ3) is 7.15. The van der Waals surface area contributed by atoms with Crippen LogP contribution in [0.1, 0.15) is 31.9 Å². The van der Waals surface area contributed by atoms with Gasteiger partial charge in [0.15, 0.2) is 5.96 Å². The maximum absolute atomic E-state index is 13.2. The van der Waals surface area contributed by atoms with Gasteiger partial charge in [-0.25, -0.2) is 9.38 Å². The van der Waals surface area contributed by atoms with E-state index in [1.807, 2.05) is 6.92 Å². The number of nitrogens with zero attached hydrogens (tertiary/aromatic N) is 1. The van der Waals surface area contributed by atoms with Gasteiger partial charge in [0.1, 0.15) is 5.82 Å². The highest BCUT2D eigenvalue weighted by molar-refractivity contribution is 14.0. The van der Waals surface area contributed by atoms with Gasteiger partial charge in [-0.3, -0.25) is 4.79 Å². The first-order valence-electron chi connectivity index (χ1n) is 7.33. The molecule has 0 bridgehead atoms. The first-order valence-corrected chi connectivity index (χ1v) is 7.33. The Kier molecular flexibility index (Phi) is 9.11.